The summed E-state index contributed by atoms with van der Waals surface area (Å²) in [5, 5.41) is 0. The van der Waals surface area contributed by atoms with Crippen LogP contribution in [0.4, 0.5) is 0 Å². The second-order valence-electron chi connectivity index (χ2n) is 14.5. The Morgan fingerprint density at radius 1 is 0.358 bits per heavy atom. The predicted molar refractivity (Wildman–Crippen MR) is 222 cm³/mol. The van der Waals surface area contributed by atoms with E-state index in [1.807, 2.05) is 0 Å². The summed E-state index contributed by atoms with van der Waals surface area (Å²) in [7, 11) is 0. The lowest BCUT2D eigenvalue weighted by molar-refractivity contribution is 0.419. The number of benzene rings is 8. The second kappa shape index (κ2) is 13.3. The lowest BCUT2D eigenvalue weighted by Crippen LogP contribution is -2.24. The van der Waals surface area contributed by atoms with Crippen molar-refractivity contribution in [1.82, 2.24) is 0 Å². The van der Waals surface area contributed by atoms with Crippen LogP contribution >= 0.6 is 0 Å². The molecule has 0 saturated carbocycles. The number of fused-ring (bicyclic) bond motifs is 2. The summed E-state index contributed by atoms with van der Waals surface area (Å²) in [5.74, 6) is 1.88. The summed E-state index contributed by atoms with van der Waals surface area (Å²) in [6, 6.07) is 67.9. The smallest absolute Gasteiger partial charge is 0.139 e. The lowest BCUT2D eigenvalue weighted by Gasteiger charge is -2.36. The van der Waals surface area contributed by atoms with Crippen molar-refractivity contribution in [1.29, 1.82) is 0 Å². The van der Waals surface area contributed by atoms with E-state index in [1.54, 1.807) is 0 Å². The van der Waals surface area contributed by atoms with E-state index >= 15 is 0 Å². The molecule has 9 rings (SSSR count). The third-order valence-corrected chi connectivity index (χ3v) is 10.9. The van der Waals surface area contributed by atoms with E-state index in [2.05, 4.69) is 209 Å². The van der Waals surface area contributed by atoms with Gasteiger partial charge in [0.15, 0.2) is 0 Å². The van der Waals surface area contributed by atoms with Crippen molar-refractivity contribution < 1.29 is 4.74 Å². The highest BCUT2D eigenvalue weighted by Crippen LogP contribution is 2.53. The first kappa shape index (κ1) is 32.5. The molecule has 0 saturated heterocycles. The van der Waals surface area contributed by atoms with E-state index in [0.717, 1.165) is 28.2 Å². The van der Waals surface area contributed by atoms with Crippen LogP contribution in [0.15, 0.2) is 188 Å². The van der Waals surface area contributed by atoms with Crippen molar-refractivity contribution in [2.24, 2.45) is 0 Å². The van der Waals surface area contributed by atoms with Gasteiger partial charge in [-0.2, -0.15) is 0 Å². The van der Waals surface area contributed by atoms with Crippen molar-refractivity contribution in [3.05, 3.63) is 205 Å². The molecule has 53 heavy (non-hydrogen) atoms. The SMILES string of the molecule is Cc1ccc2c(c1-c1ccc(-c3c(-c4ccccc4)c(-c4ccccc4)cc(-c4ccccc4)c3-c3ccccc3)cc1)Oc1ccccc1C2(C)C. The fraction of sp³-hybridized carbons (Fsp3) is 0.0769. The largest absolute Gasteiger partial charge is 0.456 e. The minimum absolute atomic E-state index is 0.187. The molecule has 0 radical (unpaired) electrons. The van der Waals surface area contributed by atoms with E-state index in [4.69, 9.17) is 4.74 Å². The highest BCUT2D eigenvalue weighted by molar-refractivity contribution is 6.07. The van der Waals surface area contributed by atoms with Gasteiger partial charge in [0, 0.05) is 22.1 Å². The molecular weight excluding hydrogens is 641 g/mol. The Balaban J connectivity index is 1.32. The van der Waals surface area contributed by atoms with Gasteiger partial charge in [-0.15, -0.1) is 0 Å². The van der Waals surface area contributed by atoms with Crippen LogP contribution in [-0.2, 0) is 5.41 Å². The first-order chi connectivity index (χ1) is 26.0. The molecule has 0 unspecified atom stereocenters. The molecule has 0 atom stereocenters. The Morgan fingerprint density at radius 3 is 1.28 bits per heavy atom. The summed E-state index contributed by atoms with van der Waals surface area (Å²) in [5.41, 5.74) is 17.7. The molecule has 0 spiro atoms. The Bertz CT molecular complexity index is 2470. The molecule has 1 aliphatic rings. The fourth-order valence-electron chi connectivity index (χ4n) is 8.24. The zero-order chi connectivity index (χ0) is 35.9. The van der Waals surface area contributed by atoms with Gasteiger partial charge in [-0.05, 0) is 85.8 Å². The highest BCUT2D eigenvalue weighted by Gasteiger charge is 2.36. The molecule has 1 heterocycles. The maximum Gasteiger partial charge on any atom is 0.139 e. The summed E-state index contributed by atoms with van der Waals surface area (Å²) in [6.45, 7) is 6.79. The molecule has 1 aliphatic heterocycles. The van der Waals surface area contributed by atoms with Crippen LogP contribution in [0.5, 0.6) is 11.5 Å². The summed E-state index contributed by atoms with van der Waals surface area (Å²) < 4.78 is 6.78. The zero-order valence-corrected chi connectivity index (χ0v) is 30.3. The third-order valence-electron chi connectivity index (χ3n) is 10.9. The second-order valence-corrected chi connectivity index (χ2v) is 14.5. The van der Waals surface area contributed by atoms with Gasteiger partial charge in [-0.3, -0.25) is 0 Å². The summed E-state index contributed by atoms with van der Waals surface area (Å²) >= 11 is 0. The molecule has 0 aromatic heterocycles. The van der Waals surface area contributed by atoms with Crippen LogP contribution in [-0.4, -0.2) is 0 Å². The van der Waals surface area contributed by atoms with Gasteiger partial charge in [0.05, 0.1) is 0 Å². The minimum Gasteiger partial charge on any atom is -0.456 e. The average Bonchev–Trinajstić information content (AvgIpc) is 3.21. The fourth-order valence-corrected chi connectivity index (χ4v) is 8.24. The molecule has 8 aromatic carbocycles. The zero-order valence-electron chi connectivity index (χ0n) is 30.3. The molecule has 1 heteroatoms. The monoisotopic (exact) mass is 680 g/mol. The molecule has 0 amide bonds. The topological polar surface area (TPSA) is 9.23 Å². The van der Waals surface area contributed by atoms with E-state index in [1.165, 1.54) is 66.8 Å². The number of ether oxygens (including phenoxy) is 1. The van der Waals surface area contributed by atoms with Crippen molar-refractivity contribution in [2.45, 2.75) is 26.2 Å². The Labute approximate surface area is 312 Å². The average molecular weight is 681 g/mol. The van der Waals surface area contributed by atoms with E-state index in [9.17, 15) is 0 Å². The molecule has 0 bridgehead atoms. The molecule has 0 N–H and O–H groups in total. The molecule has 1 nitrogen and oxygen atoms in total. The number of hydrogen-bond acceptors (Lipinski definition) is 1. The van der Waals surface area contributed by atoms with Gasteiger partial charge in [-0.1, -0.05) is 190 Å². The Hall–Kier alpha value is -6.44. The van der Waals surface area contributed by atoms with Gasteiger partial charge in [0.2, 0.25) is 0 Å². The van der Waals surface area contributed by atoms with Gasteiger partial charge >= 0.3 is 0 Å². The van der Waals surface area contributed by atoms with Crippen LogP contribution in [0, 0.1) is 6.92 Å². The van der Waals surface area contributed by atoms with Crippen LogP contribution in [0.2, 0.25) is 0 Å². The standard InChI is InChI=1S/C52H40O/c1-35-28-33-45-51(53-46-27-17-16-26-44(46)52(45,2)3)47(35)40-29-31-41(32-30-40)50-48(38-22-12-6-13-23-38)42(36-18-8-4-9-19-36)34-43(37-20-10-5-11-21-37)49(50)39-24-14-7-15-25-39/h4-34H,1-3H3. The van der Waals surface area contributed by atoms with Crippen molar-refractivity contribution in [3.8, 4) is 78.3 Å². The Kier molecular flexibility index (Phi) is 8.13. The van der Waals surface area contributed by atoms with Crippen LogP contribution in [0.25, 0.3) is 66.8 Å². The van der Waals surface area contributed by atoms with Crippen molar-refractivity contribution in [2.75, 3.05) is 0 Å². The van der Waals surface area contributed by atoms with Crippen molar-refractivity contribution >= 4 is 0 Å². The normalized spacial score (nSPS) is 12.7. The van der Waals surface area contributed by atoms with Crippen LogP contribution in [0.1, 0.15) is 30.5 Å². The molecule has 254 valence electrons. The number of para-hydroxylation sites is 1. The van der Waals surface area contributed by atoms with Gasteiger partial charge in [0.1, 0.15) is 11.5 Å². The predicted octanol–water partition coefficient (Wildman–Crippen LogP) is 14.4. The maximum atomic E-state index is 6.78. The summed E-state index contributed by atoms with van der Waals surface area (Å²) in [4.78, 5) is 0. The number of rotatable bonds is 6. The van der Waals surface area contributed by atoms with Gasteiger partial charge in [0.25, 0.3) is 0 Å². The molecular formula is C52H40O. The minimum atomic E-state index is -0.187. The van der Waals surface area contributed by atoms with E-state index in [-0.39, 0.29) is 5.41 Å². The first-order valence-electron chi connectivity index (χ1n) is 18.4. The van der Waals surface area contributed by atoms with E-state index < -0.39 is 0 Å². The Morgan fingerprint density at radius 2 is 0.774 bits per heavy atom. The van der Waals surface area contributed by atoms with Crippen molar-refractivity contribution in [3.63, 3.8) is 0 Å². The lowest BCUT2D eigenvalue weighted by atomic mass is 9.74. The van der Waals surface area contributed by atoms with Crippen LogP contribution < -0.4 is 4.74 Å². The van der Waals surface area contributed by atoms with Gasteiger partial charge in [-0.25, -0.2) is 0 Å². The number of hydrogen-bond donors (Lipinski definition) is 0. The van der Waals surface area contributed by atoms with Gasteiger partial charge < -0.3 is 4.74 Å². The van der Waals surface area contributed by atoms with E-state index in [0.29, 0.717) is 0 Å². The highest BCUT2D eigenvalue weighted by atomic mass is 16.5. The maximum absolute atomic E-state index is 6.78. The summed E-state index contributed by atoms with van der Waals surface area (Å²) in [6.07, 6.45) is 0. The quantitative estimate of drug-likeness (QED) is 0.170. The molecule has 0 aliphatic carbocycles. The van der Waals surface area contributed by atoms with Crippen LogP contribution in [0.3, 0.4) is 0 Å². The molecule has 0 fully saturated rings. The first-order valence-corrected chi connectivity index (χ1v) is 18.4. The third kappa shape index (κ3) is 5.66. The number of aryl methyl sites for hydroxylation is 1. The molecule has 8 aromatic rings.